The molecule has 1 amide bonds. The third-order valence-electron chi connectivity index (χ3n) is 4.57. The average Bonchev–Trinajstić information content (AvgIpc) is 3.41. The van der Waals surface area contributed by atoms with Gasteiger partial charge in [0.1, 0.15) is 0 Å². The first-order chi connectivity index (χ1) is 11.3. The predicted molar refractivity (Wildman–Crippen MR) is 90.9 cm³/mol. The standard InChI is InChI=1S/C20H18N2O/c23-20(22-13-14-8-10-21-11-9-14)19-12-18(19)17-7-3-5-15-4-1-2-6-16(15)17/h1-11,18-19H,12-13H2,(H,22,23). The number of carbonyl (C=O) groups excluding carboxylic acids is 1. The van der Waals surface area contributed by atoms with Crippen molar-refractivity contribution in [3.63, 3.8) is 0 Å². The van der Waals surface area contributed by atoms with Crippen LogP contribution in [-0.2, 0) is 11.3 Å². The Morgan fingerprint density at radius 2 is 1.83 bits per heavy atom. The molecule has 1 aliphatic carbocycles. The molecular weight excluding hydrogens is 284 g/mol. The molecule has 3 heteroatoms. The number of fused-ring (bicyclic) bond motifs is 1. The van der Waals surface area contributed by atoms with E-state index in [9.17, 15) is 4.79 Å². The van der Waals surface area contributed by atoms with Gasteiger partial charge in [-0.15, -0.1) is 0 Å². The molecule has 2 aromatic carbocycles. The van der Waals surface area contributed by atoms with E-state index in [1.165, 1.54) is 16.3 Å². The fourth-order valence-electron chi connectivity index (χ4n) is 3.22. The van der Waals surface area contributed by atoms with E-state index in [-0.39, 0.29) is 11.8 Å². The van der Waals surface area contributed by atoms with Crippen molar-refractivity contribution in [2.75, 3.05) is 0 Å². The molecule has 0 radical (unpaired) electrons. The van der Waals surface area contributed by atoms with Gasteiger partial charge in [-0.3, -0.25) is 9.78 Å². The molecular formula is C20H18N2O. The summed E-state index contributed by atoms with van der Waals surface area (Å²) < 4.78 is 0. The molecule has 3 nitrogen and oxygen atoms in total. The number of carbonyl (C=O) groups is 1. The topological polar surface area (TPSA) is 42.0 Å². The highest BCUT2D eigenvalue weighted by Crippen LogP contribution is 2.49. The lowest BCUT2D eigenvalue weighted by Gasteiger charge is -2.07. The number of hydrogen-bond acceptors (Lipinski definition) is 2. The van der Waals surface area contributed by atoms with Crippen molar-refractivity contribution < 1.29 is 4.79 Å². The molecule has 1 aromatic heterocycles. The zero-order valence-corrected chi connectivity index (χ0v) is 12.8. The van der Waals surface area contributed by atoms with E-state index in [1.54, 1.807) is 12.4 Å². The Kier molecular flexibility index (Phi) is 3.54. The van der Waals surface area contributed by atoms with Gasteiger partial charge in [0.25, 0.3) is 0 Å². The molecule has 3 aromatic rings. The maximum atomic E-state index is 12.4. The minimum atomic E-state index is 0.0997. The highest BCUT2D eigenvalue weighted by molar-refractivity contribution is 5.89. The molecule has 1 saturated carbocycles. The summed E-state index contributed by atoms with van der Waals surface area (Å²) in [7, 11) is 0. The van der Waals surface area contributed by atoms with Crippen molar-refractivity contribution >= 4 is 16.7 Å². The van der Waals surface area contributed by atoms with E-state index in [2.05, 4.69) is 52.8 Å². The van der Waals surface area contributed by atoms with Crippen LogP contribution in [0.2, 0.25) is 0 Å². The van der Waals surface area contributed by atoms with E-state index in [0.29, 0.717) is 12.5 Å². The highest BCUT2D eigenvalue weighted by Gasteiger charge is 2.44. The number of pyridine rings is 1. The van der Waals surface area contributed by atoms with Gasteiger partial charge < -0.3 is 5.32 Å². The van der Waals surface area contributed by atoms with Gasteiger partial charge in [-0.2, -0.15) is 0 Å². The maximum Gasteiger partial charge on any atom is 0.224 e. The van der Waals surface area contributed by atoms with Gasteiger partial charge >= 0.3 is 0 Å². The van der Waals surface area contributed by atoms with Crippen molar-refractivity contribution in [2.24, 2.45) is 5.92 Å². The number of aromatic nitrogens is 1. The van der Waals surface area contributed by atoms with Crippen molar-refractivity contribution in [2.45, 2.75) is 18.9 Å². The molecule has 1 N–H and O–H groups in total. The number of amides is 1. The molecule has 0 bridgehead atoms. The third-order valence-corrected chi connectivity index (χ3v) is 4.57. The Hall–Kier alpha value is -2.68. The zero-order chi connectivity index (χ0) is 15.6. The quantitative estimate of drug-likeness (QED) is 0.799. The second kappa shape index (κ2) is 5.84. The van der Waals surface area contributed by atoms with Gasteiger partial charge in [0, 0.05) is 24.9 Å². The first kappa shape index (κ1) is 13.9. The molecule has 23 heavy (non-hydrogen) atoms. The average molecular weight is 302 g/mol. The molecule has 1 heterocycles. The lowest BCUT2D eigenvalue weighted by molar-refractivity contribution is -0.122. The molecule has 2 unspecified atom stereocenters. The summed E-state index contributed by atoms with van der Waals surface area (Å²) in [5.41, 5.74) is 2.38. The van der Waals surface area contributed by atoms with Crippen molar-refractivity contribution in [1.82, 2.24) is 10.3 Å². The summed E-state index contributed by atoms with van der Waals surface area (Å²) in [5, 5.41) is 5.55. The van der Waals surface area contributed by atoms with Crippen molar-refractivity contribution in [1.29, 1.82) is 0 Å². The Labute approximate surface area is 135 Å². The number of benzene rings is 2. The van der Waals surface area contributed by atoms with Gasteiger partial charge in [0.05, 0.1) is 0 Å². The van der Waals surface area contributed by atoms with Crippen LogP contribution in [0, 0.1) is 5.92 Å². The number of nitrogens with zero attached hydrogens (tertiary/aromatic N) is 1. The molecule has 1 fully saturated rings. The number of hydrogen-bond donors (Lipinski definition) is 1. The van der Waals surface area contributed by atoms with E-state index in [0.717, 1.165) is 12.0 Å². The minimum absolute atomic E-state index is 0.0997. The zero-order valence-electron chi connectivity index (χ0n) is 12.8. The normalized spacial score (nSPS) is 19.5. The summed E-state index contributed by atoms with van der Waals surface area (Å²) in [6.45, 7) is 0.570. The Balaban J connectivity index is 1.46. The number of nitrogens with one attached hydrogen (secondary N) is 1. The van der Waals surface area contributed by atoms with Gasteiger partial charge in [-0.05, 0) is 46.4 Å². The molecule has 0 aliphatic heterocycles. The molecule has 4 rings (SSSR count). The molecule has 1 aliphatic rings. The Morgan fingerprint density at radius 1 is 1.04 bits per heavy atom. The first-order valence-electron chi connectivity index (χ1n) is 7.97. The first-order valence-corrected chi connectivity index (χ1v) is 7.97. The van der Waals surface area contributed by atoms with Crippen LogP contribution in [0.5, 0.6) is 0 Å². The molecule has 114 valence electrons. The third kappa shape index (κ3) is 2.82. The van der Waals surface area contributed by atoms with E-state index in [1.807, 2.05) is 12.1 Å². The molecule has 2 atom stereocenters. The Morgan fingerprint density at radius 3 is 2.70 bits per heavy atom. The fraction of sp³-hybridized carbons (Fsp3) is 0.200. The summed E-state index contributed by atoms with van der Waals surface area (Å²) in [5.74, 6) is 0.598. The smallest absolute Gasteiger partial charge is 0.224 e. The van der Waals surface area contributed by atoms with Crippen LogP contribution in [0.4, 0.5) is 0 Å². The monoisotopic (exact) mass is 302 g/mol. The van der Waals surface area contributed by atoms with Crippen molar-refractivity contribution in [3.8, 4) is 0 Å². The summed E-state index contributed by atoms with van der Waals surface area (Å²) in [4.78, 5) is 16.4. The van der Waals surface area contributed by atoms with Gasteiger partial charge in [0.2, 0.25) is 5.91 Å². The number of rotatable bonds is 4. The van der Waals surface area contributed by atoms with E-state index >= 15 is 0 Å². The maximum absolute atomic E-state index is 12.4. The van der Waals surface area contributed by atoms with Crippen LogP contribution >= 0.6 is 0 Å². The van der Waals surface area contributed by atoms with E-state index < -0.39 is 0 Å². The van der Waals surface area contributed by atoms with Crippen LogP contribution in [0.15, 0.2) is 67.0 Å². The van der Waals surface area contributed by atoms with Crippen LogP contribution in [0.1, 0.15) is 23.5 Å². The summed E-state index contributed by atoms with van der Waals surface area (Å²) >= 11 is 0. The lowest BCUT2D eigenvalue weighted by Crippen LogP contribution is -2.24. The summed E-state index contributed by atoms with van der Waals surface area (Å²) in [6.07, 6.45) is 4.44. The SMILES string of the molecule is O=C(NCc1ccncc1)C1CC1c1cccc2ccccc12. The predicted octanol–water partition coefficient (Wildman–Crippen LogP) is 3.65. The molecule has 0 spiro atoms. The van der Waals surface area contributed by atoms with Crippen LogP contribution in [-0.4, -0.2) is 10.9 Å². The van der Waals surface area contributed by atoms with E-state index in [4.69, 9.17) is 0 Å². The van der Waals surface area contributed by atoms with Gasteiger partial charge in [-0.25, -0.2) is 0 Å². The minimum Gasteiger partial charge on any atom is -0.352 e. The molecule has 0 saturated heterocycles. The second-order valence-electron chi connectivity index (χ2n) is 6.09. The van der Waals surface area contributed by atoms with Crippen LogP contribution < -0.4 is 5.32 Å². The van der Waals surface area contributed by atoms with Gasteiger partial charge in [0.15, 0.2) is 0 Å². The largest absolute Gasteiger partial charge is 0.352 e. The van der Waals surface area contributed by atoms with Gasteiger partial charge in [-0.1, -0.05) is 42.5 Å². The highest BCUT2D eigenvalue weighted by atomic mass is 16.2. The lowest BCUT2D eigenvalue weighted by atomic mass is 10.00. The second-order valence-corrected chi connectivity index (χ2v) is 6.09. The van der Waals surface area contributed by atoms with Crippen molar-refractivity contribution in [3.05, 3.63) is 78.1 Å². The summed E-state index contributed by atoms with van der Waals surface area (Å²) in [6, 6.07) is 18.6. The fourth-order valence-corrected chi connectivity index (χ4v) is 3.22. The van der Waals surface area contributed by atoms with Crippen LogP contribution in [0.25, 0.3) is 10.8 Å². The Bertz CT molecular complexity index is 839. The van der Waals surface area contributed by atoms with Crippen LogP contribution in [0.3, 0.4) is 0 Å².